The third kappa shape index (κ3) is 2.90. The second-order valence-corrected chi connectivity index (χ2v) is 3.72. The predicted octanol–water partition coefficient (Wildman–Crippen LogP) is 1.55. The number of hydrogen-bond acceptors (Lipinski definition) is 4. The van der Waals surface area contributed by atoms with Gasteiger partial charge >= 0.3 is 5.97 Å². The summed E-state index contributed by atoms with van der Waals surface area (Å²) < 4.78 is 10.5. The molecule has 94 valence electrons. The van der Waals surface area contributed by atoms with E-state index in [1.165, 1.54) is 0 Å². The van der Waals surface area contributed by atoms with E-state index in [9.17, 15) is 4.79 Å². The average Bonchev–Trinajstić information content (AvgIpc) is 2.70. The SMILES string of the molecule is CCOC(=O)c1ccc2c(c1)CC(CN)O2.Cl. The molecule has 1 unspecified atom stereocenters. The van der Waals surface area contributed by atoms with E-state index in [0.29, 0.717) is 18.7 Å². The summed E-state index contributed by atoms with van der Waals surface area (Å²) in [5, 5.41) is 0. The maximum absolute atomic E-state index is 11.5. The molecule has 1 aromatic rings. The zero-order valence-electron chi connectivity index (χ0n) is 9.64. The van der Waals surface area contributed by atoms with Crippen molar-refractivity contribution in [2.45, 2.75) is 19.4 Å². The molecule has 0 saturated heterocycles. The van der Waals surface area contributed by atoms with Crippen LogP contribution in [0.2, 0.25) is 0 Å². The molecule has 2 rings (SSSR count). The molecule has 4 nitrogen and oxygen atoms in total. The van der Waals surface area contributed by atoms with Gasteiger partial charge in [0, 0.05) is 13.0 Å². The summed E-state index contributed by atoms with van der Waals surface area (Å²) >= 11 is 0. The maximum atomic E-state index is 11.5. The molecule has 5 heteroatoms. The number of ether oxygens (including phenoxy) is 2. The minimum atomic E-state index is -0.290. The van der Waals surface area contributed by atoms with Crippen LogP contribution < -0.4 is 10.5 Å². The molecule has 17 heavy (non-hydrogen) atoms. The van der Waals surface area contributed by atoms with Gasteiger partial charge in [-0.3, -0.25) is 0 Å². The molecule has 0 spiro atoms. The van der Waals surface area contributed by atoms with Gasteiger partial charge in [-0.2, -0.15) is 0 Å². The van der Waals surface area contributed by atoms with E-state index in [-0.39, 0.29) is 24.5 Å². The van der Waals surface area contributed by atoms with Crippen molar-refractivity contribution in [3.63, 3.8) is 0 Å². The first-order chi connectivity index (χ1) is 7.74. The molecule has 1 aromatic carbocycles. The summed E-state index contributed by atoms with van der Waals surface area (Å²) in [6.07, 6.45) is 0.798. The fourth-order valence-corrected chi connectivity index (χ4v) is 1.79. The Morgan fingerprint density at radius 3 is 3.00 bits per heavy atom. The Balaban J connectivity index is 0.00000144. The van der Waals surface area contributed by atoms with Gasteiger partial charge in [0.25, 0.3) is 0 Å². The first kappa shape index (κ1) is 13.8. The number of fused-ring (bicyclic) bond motifs is 1. The van der Waals surface area contributed by atoms with Gasteiger partial charge in [0.1, 0.15) is 11.9 Å². The summed E-state index contributed by atoms with van der Waals surface area (Å²) in [5.41, 5.74) is 7.14. The van der Waals surface area contributed by atoms with Gasteiger partial charge in [0.15, 0.2) is 0 Å². The Morgan fingerprint density at radius 2 is 2.35 bits per heavy atom. The smallest absolute Gasteiger partial charge is 0.338 e. The van der Waals surface area contributed by atoms with E-state index in [4.69, 9.17) is 15.2 Å². The summed E-state index contributed by atoms with van der Waals surface area (Å²) in [4.78, 5) is 11.5. The fourth-order valence-electron chi connectivity index (χ4n) is 1.79. The Labute approximate surface area is 106 Å². The van der Waals surface area contributed by atoms with Gasteiger partial charge in [0.05, 0.1) is 12.2 Å². The van der Waals surface area contributed by atoms with E-state index in [2.05, 4.69) is 0 Å². The van der Waals surface area contributed by atoms with Crippen LogP contribution in [0.3, 0.4) is 0 Å². The minimum absolute atomic E-state index is 0. The number of esters is 1. The van der Waals surface area contributed by atoms with Crippen LogP contribution >= 0.6 is 12.4 Å². The lowest BCUT2D eigenvalue weighted by molar-refractivity contribution is 0.0526. The van der Waals surface area contributed by atoms with Gasteiger partial charge in [-0.1, -0.05) is 0 Å². The predicted molar refractivity (Wildman–Crippen MR) is 66.8 cm³/mol. The van der Waals surface area contributed by atoms with Gasteiger partial charge in [-0.05, 0) is 30.7 Å². The number of rotatable bonds is 3. The summed E-state index contributed by atoms with van der Waals surface area (Å²) in [7, 11) is 0. The highest BCUT2D eigenvalue weighted by Gasteiger charge is 2.22. The number of hydrogen-bond donors (Lipinski definition) is 1. The third-order valence-electron chi connectivity index (χ3n) is 2.58. The van der Waals surface area contributed by atoms with Crippen molar-refractivity contribution >= 4 is 18.4 Å². The first-order valence-electron chi connectivity index (χ1n) is 5.41. The molecule has 0 aromatic heterocycles. The molecule has 1 aliphatic rings. The summed E-state index contributed by atoms with van der Waals surface area (Å²) in [5.74, 6) is 0.532. The quantitative estimate of drug-likeness (QED) is 0.835. The van der Waals surface area contributed by atoms with Crippen LogP contribution in [0, 0.1) is 0 Å². The zero-order chi connectivity index (χ0) is 11.5. The second kappa shape index (κ2) is 5.89. The third-order valence-corrected chi connectivity index (χ3v) is 2.58. The molecule has 0 saturated carbocycles. The zero-order valence-corrected chi connectivity index (χ0v) is 10.5. The van der Waals surface area contributed by atoms with Crippen LogP contribution in [-0.4, -0.2) is 25.2 Å². The fraction of sp³-hybridized carbons (Fsp3) is 0.417. The number of halogens is 1. The monoisotopic (exact) mass is 257 g/mol. The Hall–Kier alpha value is -1.26. The molecular weight excluding hydrogens is 242 g/mol. The molecule has 0 fully saturated rings. The molecular formula is C12H16ClNO3. The van der Waals surface area contributed by atoms with Crippen LogP contribution in [0.1, 0.15) is 22.8 Å². The lowest BCUT2D eigenvalue weighted by Gasteiger charge is -2.05. The Bertz CT molecular complexity index is 409. The lowest BCUT2D eigenvalue weighted by Crippen LogP contribution is -2.24. The standard InChI is InChI=1S/C12H15NO3.ClH/c1-2-15-12(14)8-3-4-11-9(5-8)6-10(7-13)16-11;/h3-5,10H,2,6-7,13H2,1H3;1H. The molecule has 0 radical (unpaired) electrons. The van der Waals surface area contributed by atoms with Crippen LogP contribution in [0.4, 0.5) is 0 Å². The van der Waals surface area contributed by atoms with Crippen LogP contribution in [0.5, 0.6) is 5.75 Å². The normalized spacial score (nSPS) is 16.7. The van der Waals surface area contributed by atoms with E-state index in [0.717, 1.165) is 17.7 Å². The summed E-state index contributed by atoms with van der Waals surface area (Å²) in [6.45, 7) is 2.67. The topological polar surface area (TPSA) is 61.5 Å². The van der Waals surface area contributed by atoms with E-state index >= 15 is 0 Å². The van der Waals surface area contributed by atoms with Crippen LogP contribution in [0.15, 0.2) is 18.2 Å². The highest BCUT2D eigenvalue weighted by atomic mass is 35.5. The second-order valence-electron chi connectivity index (χ2n) is 3.72. The van der Waals surface area contributed by atoms with Gasteiger partial charge in [-0.25, -0.2) is 4.79 Å². The molecule has 1 aliphatic heterocycles. The first-order valence-corrected chi connectivity index (χ1v) is 5.41. The van der Waals surface area contributed by atoms with Crippen LogP contribution in [0.25, 0.3) is 0 Å². The molecule has 1 atom stereocenters. The highest BCUT2D eigenvalue weighted by Crippen LogP contribution is 2.29. The van der Waals surface area contributed by atoms with Crippen molar-refractivity contribution in [3.8, 4) is 5.75 Å². The van der Waals surface area contributed by atoms with Gasteiger partial charge < -0.3 is 15.2 Å². The van der Waals surface area contributed by atoms with Crippen molar-refractivity contribution in [3.05, 3.63) is 29.3 Å². The largest absolute Gasteiger partial charge is 0.488 e. The van der Waals surface area contributed by atoms with Gasteiger partial charge in [0.2, 0.25) is 0 Å². The Kier molecular flexibility index (Phi) is 4.78. The molecule has 0 amide bonds. The molecule has 1 heterocycles. The molecule has 0 aliphatic carbocycles. The van der Waals surface area contributed by atoms with Crippen molar-refractivity contribution < 1.29 is 14.3 Å². The van der Waals surface area contributed by atoms with Crippen molar-refractivity contribution in [2.75, 3.05) is 13.2 Å². The van der Waals surface area contributed by atoms with Crippen molar-refractivity contribution in [2.24, 2.45) is 5.73 Å². The van der Waals surface area contributed by atoms with E-state index in [1.54, 1.807) is 19.1 Å². The van der Waals surface area contributed by atoms with Crippen molar-refractivity contribution in [1.29, 1.82) is 0 Å². The number of carbonyl (C=O) groups is 1. The molecule has 2 N–H and O–H groups in total. The average molecular weight is 258 g/mol. The molecule has 0 bridgehead atoms. The van der Waals surface area contributed by atoms with Crippen LogP contribution in [-0.2, 0) is 11.2 Å². The lowest BCUT2D eigenvalue weighted by atomic mass is 10.1. The number of carbonyl (C=O) groups excluding carboxylic acids is 1. The van der Waals surface area contributed by atoms with Crippen molar-refractivity contribution in [1.82, 2.24) is 0 Å². The van der Waals surface area contributed by atoms with E-state index < -0.39 is 0 Å². The summed E-state index contributed by atoms with van der Waals surface area (Å²) in [6, 6.07) is 5.34. The van der Waals surface area contributed by atoms with E-state index in [1.807, 2.05) is 6.07 Å². The number of benzene rings is 1. The minimum Gasteiger partial charge on any atom is -0.488 e. The highest BCUT2D eigenvalue weighted by molar-refractivity contribution is 5.90. The van der Waals surface area contributed by atoms with Gasteiger partial charge in [-0.15, -0.1) is 12.4 Å². The number of nitrogens with two attached hydrogens (primary N) is 1. The Morgan fingerprint density at radius 1 is 1.59 bits per heavy atom. The maximum Gasteiger partial charge on any atom is 0.338 e.